The van der Waals surface area contributed by atoms with E-state index in [-0.39, 0.29) is 11.1 Å². The summed E-state index contributed by atoms with van der Waals surface area (Å²) in [5, 5.41) is 51.1. The standard InChI is InChI=1S/C8H6O4.C5H12O4/c9-7(10)5-3-1-2-4-6(5)8(11)12;6-1-5(2-7,3-8)4-9/h1-4H,(H,9,10)(H,11,12);6-9H,1-4H2. The molecule has 0 saturated heterocycles. The number of aromatic carboxylic acids is 2. The predicted molar refractivity (Wildman–Crippen MR) is 71.1 cm³/mol. The fourth-order valence-corrected chi connectivity index (χ4v) is 1.16. The third kappa shape index (κ3) is 5.48. The van der Waals surface area contributed by atoms with Crippen LogP contribution in [-0.4, -0.2) is 69.0 Å². The first-order valence-corrected chi connectivity index (χ1v) is 5.86. The molecule has 21 heavy (non-hydrogen) atoms. The fourth-order valence-electron chi connectivity index (χ4n) is 1.16. The molecule has 0 fully saturated rings. The summed E-state index contributed by atoms with van der Waals surface area (Å²) in [7, 11) is 0. The zero-order chi connectivity index (χ0) is 16.5. The number of benzene rings is 1. The summed E-state index contributed by atoms with van der Waals surface area (Å²) in [5.74, 6) is -2.46. The number of carboxylic acid groups (broad SMARTS) is 2. The summed E-state index contributed by atoms with van der Waals surface area (Å²) >= 11 is 0. The summed E-state index contributed by atoms with van der Waals surface area (Å²) < 4.78 is 0. The van der Waals surface area contributed by atoms with E-state index in [9.17, 15) is 9.59 Å². The lowest BCUT2D eigenvalue weighted by molar-refractivity contribution is -0.0328. The Morgan fingerprint density at radius 3 is 1.19 bits per heavy atom. The first-order valence-electron chi connectivity index (χ1n) is 5.86. The maximum atomic E-state index is 10.5. The first-order chi connectivity index (χ1) is 9.87. The molecule has 0 aliphatic heterocycles. The van der Waals surface area contributed by atoms with Crippen LogP contribution in [-0.2, 0) is 0 Å². The number of aliphatic hydroxyl groups excluding tert-OH is 4. The van der Waals surface area contributed by atoms with E-state index in [1.807, 2.05) is 0 Å². The van der Waals surface area contributed by atoms with Crippen molar-refractivity contribution in [3.63, 3.8) is 0 Å². The van der Waals surface area contributed by atoms with Crippen LogP contribution in [0.3, 0.4) is 0 Å². The molecular weight excluding hydrogens is 284 g/mol. The maximum absolute atomic E-state index is 10.5. The van der Waals surface area contributed by atoms with E-state index in [1.165, 1.54) is 24.3 Å². The minimum atomic E-state index is -1.23. The van der Waals surface area contributed by atoms with E-state index in [1.54, 1.807) is 0 Å². The average Bonchev–Trinajstić information content (AvgIpc) is 2.50. The molecule has 1 aromatic rings. The molecule has 0 amide bonds. The molecule has 0 aliphatic rings. The molecule has 0 spiro atoms. The van der Waals surface area contributed by atoms with Crippen LogP contribution in [0.2, 0.25) is 0 Å². The molecule has 1 aromatic carbocycles. The summed E-state index contributed by atoms with van der Waals surface area (Å²) in [5.41, 5.74) is -1.49. The van der Waals surface area contributed by atoms with Gasteiger partial charge in [0.05, 0.1) is 43.0 Å². The van der Waals surface area contributed by atoms with Gasteiger partial charge in [0.1, 0.15) is 0 Å². The third-order valence-corrected chi connectivity index (χ3v) is 2.73. The molecule has 0 unspecified atom stereocenters. The van der Waals surface area contributed by atoms with Crippen LogP contribution in [0.5, 0.6) is 0 Å². The summed E-state index contributed by atoms with van der Waals surface area (Å²) in [6.07, 6.45) is 0. The van der Waals surface area contributed by atoms with Crippen LogP contribution in [0.25, 0.3) is 0 Å². The lowest BCUT2D eigenvalue weighted by Gasteiger charge is -2.23. The van der Waals surface area contributed by atoms with Gasteiger partial charge in [-0.25, -0.2) is 9.59 Å². The fraction of sp³-hybridized carbons (Fsp3) is 0.385. The Bertz CT molecular complexity index is 416. The molecule has 8 nitrogen and oxygen atoms in total. The lowest BCUT2D eigenvalue weighted by Crippen LogP contribution is -2.37. The van der Waals surface area contributed by atoms with Crippen LogP contribution in [0.15, 0.2) is 24.3 Å². The van der Waals surface area contributed by atoms with E-state index in [0.717, 1.165) is 0 Å². The molecule has 0 atom stereocenters. The molecule has 0 radical (unpaired) electrons. The first kappa shape index (κ1) is 19.0. The summed E-state index contributed by atoms with van der Waals surface area (Å²) in [6, 6.07) is 5.48. The monoisotopic (exact) mass is 302 g/mol. The van der Waals surface area contributed by atoms with Gasteiger partial charge in [-0.3, -0.25) is 0 Å². The largest absolute Gasteiger partial charge is 0.478 e. The average molecular weight is 302 g/mol. The normalized spacial score (nSPS) is 10.5. The number of aliphatic hydroxyl groups is 4. The Kier molecular flexibility index (Phi) is 8.17. The van der Waals surface area contributed by atoms with Crippen molar-refractivity contribution in [3.05, 3.63) is 35.4 Å². The van der Waals surface area contributed by atoms with Crippen molar-refractivity contribution >= 4 is 11.9 Å². The quantitative estimate of drug-likeness (QED) is 0.392. The summed E-state index contributed by atoms with van der Waals surface area (Å²) in [6.45, 7) is -1.62. The van der Waals surface area contributed by atoms with Crippen molar-refractivity contribution in [1.82, 2.24) is 0 Å². The van der Waals surface area contributed by atoms with Gasteiger partial charge in [-0.05, 0) is 12.1 Å². The number of hydrogen-bond acceptors (Lipinski definition) is 6. The predicted octanol–water partition coefficient (Wildman–Crippen LogP) is -0.975. The van der Waals surface area contributed by atoms with Gasteiger partial charge >= 0.3 is 11.9 Å². The van der Waals surface area contributed by atoms with Gasteiger partial charge in [-0.2, -0.15) is 0 Å². The van der Waals surface area contributed by atoms with Gasteiger partial charge in [0, 0.05) is 0 Å². The molecule has 118 valence electrons. The molecule has 0 bridgehead atoms. The van der Waals surface area contributed by atoms with Gasteiger partial charge in [-0.1, -0.05) is 12.1 Å². The molecule has 0 saturated carbocycles. The van der Waals surface area contributed by atoms with E-state index < -0.39 is 43.8 Å². The highest BCUT2D eigenvalue weighted by Crippen LogP contribution is 2.11. The van der Waals surface area contributed by atoms with Crippen LogP contribution in [0.4, 0.5) is 0 Å². The number of hydrogen-bond donors (Lipinski definition) is 6. The zero-order valence-electron chi connectivity index (χ0n) is 11.1. The Labute approximate surface area is 120 Å². The second-order valence-electron chi connectivity index (χ2n) is 4.29. The Morgan fingerprint density at radius 2 is 1.05 bits per heavy atom. The Balaban J connectivity index is 0.000000400. The minimum Gasteiger partial charge on any atom is -0.478 e. The van der Waals surface area contributed by atoms with Crippen molar-refractivity contribution in [1.29, 1.82) is 0 Å². The maximum Gasteiger partial charge on any atom is 0.336 e. The van der Waals surface area contributed by atoms with Crippen molar-refractivity contribution in [2.45, 2.75) is 0 Å². The number of rotatable bonds is 6. The van der Waals surface area contributed by atoms with Crippen molar-refractivity contribution in [2.24, 2.45) is 5.41 Å². The SMILES string of the molecule is O=C(O)c1ccccc1C(=O)O.OCC(CO)(CO)CO. The number of carboxylic acids is 2. The summed E-state index contributed by atoms with van der Waals surface area (Å²) in [4.78, 5) is 20.9. The van der Waals surface area contributed by atoms with Crippen LogP contribution in [0.1, 0.15) is 20.7 Å². The third-order valence-electron chi connectivity index (χ3n) is 2.73. The minimum absolute atomic E-state index is 0.190. The Hall–Kier alpha value is -2.00. The molecular formula is C13H18O8. The Morgan fingerprint density at radius 1 is 0.762 bits per heavy atom. The molecule has 0 aromatic heterocycles. The molecule has 1 rings (SSSR count). The van der Waals surface area contributed by atoms with Crippen LogP contribution in [0, 0.1) is 5.41 Å². The van der Waals surface area contributed by atoms with E-state index in [2.05, 4.69) is 0 Å². The van der Waals surface area contributed by atoms with Crippen molar-refractivity contribution in [3.8, 4) is 0 Å². The number of carbonyl (C=O) groups is 2. The van der Waals surface area contributed by atoms with E-state index >= 15 is 0 Å². The van der Waals surface area contributed by atoms with E-state index in [0.29, 0.717) is 0 Å². The lowest BCUT2D eigenvalue weighted by atomic mass is 9.93. The second-order valence-corrected chi connectivity index (χ2v) is 4.29. The van der Waals surface area contributed by atoms with Gasteiger partial charge in [0.2, 0.25) is 0 Å². The van der Waals surface area contributed by atoms with Crippen LogP contribution >= 0.6 is 0 Å². The molecule has 6 N–H and O–H groups in total. The van der Waals surface area contributed by atoms with Crippen molar-refractivity contribution in [2.75, 3.05) is 26.4 Å². The molecule has 0 aliphatic carbocycles. The second kappa shape index (κ2) is 9.03. The van der Waals surface area contributed by atoms with Crippen molar-refractivity contribution < 1.29 is 40.2 Å². The van der Waals surface area contributed by atoms with Gasteiger partial charge < -0.3 is 30.6 Å². The highest BCUT2D eigenvalue weighted by molar-refractivity contribution is 6.01. The molecule has 8 heteroatoms. The highest BCUT2D eigenvalue weighted by Gasteiger charge is 2.26. The topological polar surface area (TPSA) is 156 Å². The van der Waals surface area contributed by atoms with Gasteiger partial charge in [0.25, 0.3) is 0 Å². The molecule has 0 heterocycles. The van der Waals surface area contributed by atoms with Gasteiger partial charge in [-0.15, -0.1) is 0 Å². The van der Waals surface area contributed by atoms with Gasteiger partial charge in [0.15, 0.2) is 0 Å². The highest BCUT2D eigenvalue weighted by atomic mass is 16.4. The van der Waals surface area contributed by atoms with Crippen LogP contribution < -0.4 is 0 Å². The smallest absolute Gasteiger partial charge is 0.336 e. The van der Waals surface area contributed by atoms with E-state index in [4.69, 9.17) is 30.6 Å². The zero-order valence-corrected chi connectivity index (χ0v) is 11.1.